The lowest BCUT2D eigenvalue weighted by molar-refractivity contribution is 0.579. The fraction of sp³-hybridized carbons (Fsp3) is 0.444. The number of piperazine rings is 1. The molecule has 1 aliphatic rings. The lowest BCUT2D eigenvalue weighted by atomic mass is 10.3. The van der Waals surface area contributed by atoms with Gasteiger partial charge in [-0.15, -0.1) is 24.8 Å². The normalized spacial score (nSPS) is 14.3. The molecule has 0 bridgehead atoms. The lowest BCUT2D eigenvalue weighted by Crippen LogP contribution is -2.44. The number of nitriles is 1. The van der Waals surface area contributed by atoms with E-state index < -0.39 is 0 Å². The maximum absolute atomic E-state index is 8.59. The van der Waals surface area contributed by atoms with Gasteiger partial charge in [0.05, 0.1) is 18.0 Å². The highest BCUT2D eigenvalue weighted by Crippen LogP contribution is 2.06. The summed E-state index contributed by atoms with van der Waals surface area (Å²) in [5, 5.41) is 11.8. The van der Waals surface area contributed by atoms with E-state index >= 15 is 0 Å². The number of hydrogen-bond acceptors (Lipinski definition) is 5. The number of aromatic nitrogens is 2. The van der Waals surface area contributed by atoms with Gasteiger partial charge in [0.1, 0.15) is 6.07 Å². The fourth-order valence-electron chi connectivity index (χ4n) is 1.41. The van der Waals surface area contributed by atoms with Gasteiger partial charge in [0.25, 0.3) is 0 Å². The molecule has 0 amide bonds. The van der Waals surface area contributed by atoms with Crippen LogP contribution < -0.4 is 10.2 Å². The minimum atomic E-state index is 0. The van der Waals surface area contributed by atoms with Crippen LogP contribution >= 0.6 is 24.8 Å². The highest BCUT2D eigenvalue weighted by atomic mass is 35.5. The summed E-state index contributed by atoms with van der Waals surface area (Å²) in [7, 11) is 0. The Hall–Kier alpha value is -1.09. The zero-order chi connectivity index (χ0) is 9.80. The van der Waals surface area contributed by atoms with E-state index in [9.17, 15) is 0 Å². The average molecular weight is 262 g/mol. The van der Waals surface area contributed by atoms with Crippen LogP contribution in [0.1, 0.15) is 5.56 Å². The van der Waals surface area contributed by atoms with Gasteiger partial charge in [-0.3, -0.25) is 0 Å². The van der Waals surface area contributed by atoms with Crippen molar-refractivity contribution >= 4 is 30.8 Å². The second-order valence-corrected chi connectivity index (χ2v) is 3.12. The van der Waals surface area contributed by atoms with Crippen LogP contribution in [-0.4, -0.2) is 36.1 Å². The Bertz CT molecular complexity index is 342. The number of halogens is 2. The standard InChI is InChI=1S/C9H11N5.2ClH/c10-5-8-6-12-9(13-7-8)14-3-1-11-2-4-14;;/h6-7,11H,1-4H2;2*1H. The van der Waals surface area contributed by atoms with Crippen molar-refractivity contribution in [3.63, 3.8) is 0 Å². The third-order valence-electron chi connectivity index (χ3n) is 2.17. The third kappa shape index (κ3) is 3.49. The van der Waals surface area contributed by atoms with E-state index in [4.69, 9.17) is 5.26 Å². The van der Waals surface area contributed by atoms with Crippen molar-refractivity contribution in [2.75, 3.05) is 31.1 Å². The van der Waals surface area contributed by atoms with Crippen LogP contribution in [0.15, 0.2) is 12.4 Å². The van der Waals surface area contributed by atoms with Crippen molar-refractivity contribution in [2.24, 2.45) is 0 Å². The van der Waals surface area contributed by atoms with Crippen LogP contribution in [0.5, 0.6) is 0 Å². The second kappa shape index (κ2) is 7.23. The largest absolute Gasteiger partial charge is 0.338 e. The molecule has 7 heteroatoms. The number of rotatable bonds is 1. The van der Waals surface area contributed by atoms with Gasteiger partial charge in [-0.05, 0) is 0 Å². The van der Waals surface area contributed by atoms with Crippen LogP contribution in [0.25, 0.3) is 0 Å². The Morgan fingerprint density at radius 3 is 2.25 bits per heavy atom. The highest BCUT2D eigenvalue weighted by molar-refractivity contribution is 5.85. The second-order valence-electron chi connectivity index (χ2n) is 3.12. The summed E-state index contributed by atoms with van der Waals surface area (Å²) < 4.78 is 0. The van der Waals surface area contributed by atoms with Gasteiger partial charge in [0, 0.05) is 26.2 Å². The Kier molecular flexibility index (Phi) is 6.74. The highest BCUT2D eigenvalue weighted by Gasteiger charge is 2.12. The SMILES string of the molecule is Cl.Cl.N#Cc1cnc(N2CCNCC2)nc1. The maximum atomic E-state index is 8.59. The zero-order valence-corrected chi connectivity index (χ0v) is 10.2. The van der Waals surface area contributed by atoms with Gasteiger partial charge in [0.15, 0.2) is 0 Å². The number of hydrogen-bond donors (Lipinski definition) is 1. The van der Waals surface area contributed by atoms with E-state index in [1.807, 2.05) is 6.07 Å². The van der Waals surface area contributed by atoms with E-state index in [1.54, 1.807) is 12.4 Å². The van der Waals surface area contributed by atoms with Gasteiger partial charge in [-0.2, -0.15) is 5.26 Å². The molecule has 0 aromatic carbocycles. The van der Waals surface area contributed by atoms with Gasteiger partial charge < -0.3 is 10.2 Å². The van der Waals surface area contributed by atoms with Crippen LogP contribution in [-0.2, 0) is 0 Å². The molecule has 0 radical (unpaired) electrons. The molecule has 1 N–H and O–H groups in total. The average Bonchev–Trinajstić information content (AvgIpc) is 2.30. The molecule has 0 atom stereocenters. The maximum Gasteiger partial charge on any atom is 0.225 e. The first-order valence-electron chi connectivity index (χ1n) is 4.58. The lowest BCUT2D eigenvalue weighted by Gasteiger charge is -2.27. The summed E-state index contributed by atoms with van der Waals surface area (Å²) in [5.74, 6) is 0.713. The van der Waals surface area contributed by atoms with Crippen molar-refractivity contribution in [3.05, 3.63) is 18.0 Å². The van der Waals surface area contributed by atoms with Gasteiger partial charge in [0.2, 0.25) is 5.95 Å². The predicted molar refractivity (Wildman–Crippen MR) is 66.3 cm³/mol. The van der Waals surface area contributed by atoms with Gasteiger partial charge >= 0.3 is 0 Å². The monoisotopic (exact) mass is 261 g/mol. The van der Waals surface area contributed by atoms with E-state index in [-0.39, 0.29) is 24.8 Å². The quantitative estimate of drug-likeness (QED) is 0.803. The molecule has 1 aromatic heterocycles. The van der Waals surface area contributed by atoms with Crippen molar-refractivity contribution in [3.8, 4) is 6.07 Å². The first-order valence-corrected chi connectivity index (χ1v) is 4.58. The zero-order valence-electron chi connectivity index (χ0n) is 8.59. The molecule has 2 heterocycles. The molecule has 0 unspecified atom stereocenters. The molecule has 1 aliphatic heterocycles. The Morgan fingerprint density at radius 1 is 1.19 bits per heavy atom. The summed E-state index contributed by atoms with van der Waals surface area (Å²) in [5.41, 5.74) is 0.504. The summed E-state index contributed by atoms with van der Waals surface area (Å²) in [6, 6.07) is 2.00. The van der Waals surface area contributed by atoms with E-state index in [2.05, 4.69) is 20.2 Å². The molecule has 0 saturated carbocycles. The number of nitrogens with one attached hydrogen (secondary N) is 1. The molecular weight excluding hydrogens is 249 g/mol. The first kappa shape index (κ1) is 14.9. The van der Waals surface area contributed by atoms with Crippen molar-refractivity contribution in [1.82, 2.24) is 15.3 Å². The smallest absolute Gasteiger partial charge is 0.225 e. The topological polar surface area (TPSA) is 64.8 Å². The van der Waals surface area contributed by atoms with Crippen molar-refractivity contribution < 1.29 is 0 Å². The summed E-state index contributed by atoms with van der Waals surface area (Å²) in [6.45, 7) is 3.77. The van der Waals surface area contributed by atoms with Crippen LogP contribution in [0.4, 0.5) is 5.95 Å². The summed E-state index contributed by atoms with van der Waals surface area (Å²) >= 11 is 0. The van der Waals surface area contributed by atoms with E-state index in [1.165, 1.54) is 0 Å². The molecule has 1 fully saturated rings. The van der Waals surface area contributed by atoms with E-state index in [0.29, 0.717) is 11.5 Å². The Balaban J connectivity index is 0.00000112. The minimum absolute atomic E-state index is 0. The molecule has 1 aromatic rings. The molecule has 88 valence electrons. The molecule has 16 heavy (non-hydrogen) atoms. The molecular formula is C9H13Cl2N5. The molecule has 0 spiro atoms. The van der Waals surface area contributed by atoms with Crippen LogP contribution in [0.2, 0.25) is 0 Å². The van der Waals surface area contributed by atoms with E-state index in [0.717, 1.165) is 26.2 Å². The summed E-state index contributed by atoms with van der Waals surface area (Å²) in [6.07, 6.45) is 3.12. The first-order chi connectivity index (χ1) is 6.90. The molecule has 1 saturated heterocycles. The van der Waals surface area contributed by atoms with Gasteiger partial charge in [-0.25, -0.2) is 9.97 Å². The van der Waals surface area contributed by atoms with Crippen LogP contribution in [0.3, 0.4) is 0 Å². The molecule has 2 rings (SSSR count). The third-order valence-corrected chi connectivity index (χ3v) is 2.17. The Morgan fingerprint density at radius 2 is 1.75 bits per heavy atom. The van der Waals surface area contributed by atoms with Crippen LogP contribution in [0, 0.1) is 11.3 Å². The molecule has 0 aliphatic carbocycles. The molecule has 5 nitrogen and oxygen atoms in total. The minimum Gasteiger partial charge on any atom is -0.338 e. The number of anilines is 1. The summed E-state index contributed by atoms with van der Waals surface area (Å²) in [4.78, 5) is 10.4. The van der Waals surface area contributed by atoms with Crippen molar-refractivity contribution in [2.45, 2.75) is 0 Å². The van der Waals surface area contributed by atoms with Crippen molar-refractivity contribution in [1.29, 1.82) is 5.26 Å². The fourth-order valence-corrected chi connectivity index (χ4v) is 1.41. The number of nitrogens with zero attached hydrogens (tertiary/aromatic N) is 4. The predicted octanol–water partition coefficient (Wildman–Crippen LogP) is 0.601. The Labute approximate surface area is 107 Å². The van der Waals surface area contributed by atoms with Gasteiger partial charge in [-0.1, -0.05) is 0 Å².